The highest BCUT2D eigenvalue weighted by Crippen LogP contribution is 2.14. The molecular formula is C17H18ClNO. The third kappa shape index (κ3) is 4.39. The Bertz CT molecular complexity index is 578. The smallest absolute Gasteiger partial charge is 0.220 e. The summed E-state index contributed by atoms with van der Waals surface area (Å²) in [7, 11) is 0. The number of amides is 1. The van der Waals surface area contributed by atoms with Crippen LogP contribution in [0.5, 0.6) is 0 Å². The first-order chi connectivity index (χ1) is 9.65. The molecule has 0 aliphatic carbocycles. The molecule has 0 atom stereocenters. The molecule has 0 aliphatic heterocycles. The van der Waals surface area contributed by atoms with Gasteiger partial charge in [0.25, 0.3) is 0 Å². The van der Waals surface area contributed by atoms with Crippen molar-refractivity contribution in [2.75, 3.05) is 0 Å². The number of carbonyl (C=O) groups excluding carboxylic acids is 1. The van der Waals surface area contributed by atoms with Crippen molar-refractivity contribution in [2.24, 2.45) is 0 Å². The van der Waals surface area contributed by atoms with Crippen LogP contribution in [0.15, 0.2) is 48.5 Å². The molecule has 2 rings (SSSR count). The van der Waals surface area contributed by atoms with E-state index in [0.717, 1.165) is 12.0 Å². The zero-order valence-electron chi connectivity index (χ0n) is 11.5. The molecule has 0 unspecified atom stereocenters. The Morgan fingerprint density at radius 1 is 1.10 bits per heavy atom. The molecule has 1 amide bonds. The minimum Gasteiger partial charge on any atom is -0.352 e. The molecule has 1 N–H and O–H groups in total. The van der Waals surface area contributed by atoms with Gasteiger partial charge in [-0.15, -0.1) is 0 Å². The van der Waals surface area contributed by atoms with Gasteiger partial charge in [-0.1, -0.05) is 59.6 Å². The summed E-state index contributed by atoms with van der Waals surface area (Å²) in [4.78, 5) is 11.8. The summed E-state index contributed by atoms with van der Waals surface area (Å²) in [5.74, 6) is 0.0468. The number of aryl methyl sites for hydroxylation is 2. The first-order valence-corrected chi connectivity index (χ1v) is 7.08. The van der Waals surface area contributed by atoms with Crippen LogP contribution in [-0.2, 0) is 17.8 Å². The third-order valence-corrected chi connectivity index (χ3v) is 3.56. The van der Waals surface area contributed by atoms with Crippen molar-refractivity contribution in [3.8, 4) is 0 Å². The molecule has 0 aromatic heterocycles. The molecule has 2 nitrogen and oxygen atoms in total. The first-order valence-electron chi connectivity index (χ1n) is 6.71. The molecule has 0 fully saturated rings. The van der Waals surface area contributed by atoms with Crippen molar-refractivity contribution in [3.63, 3.8) is 0 Å². The van der Waals surface area contributed by atoms with E-state index in [1.807, 2.05) is 24.3 Å². The van der Waals surface area contributed by atoms with E-state index in [2.05, 4.69) is 36.5 Å². The zero-order valence-corrected chi connectivity index (χ0v) is 12.3. The van der Waals surface area contributed by atoms with Crippen LogP contribution >= 0.6 is 11.6 Å². The Morgan fingerprint density at radius 2 is 1.80 bits per heavy atom. The molecule has 2 aromatic carbocycles. The van der Waals surface area contributed by atoms with Gasteiger partial charge in [-0.05, 0) is 30.5 Å². The predicted molar refractivity (Wildman–Crippen MR) is 82.8 cm³/mol. The third-order valence-electron chi connectivity index (χ3n) is 3.20. The second-order valence-corrected chi connectivity index (χ2v) is 5.26. The molecule has 0 spiro atoms. The molecular weight excluding hydrogens is 270 g/mol. The van der Waals surface area contributed by atoms with Crippen LogP contribution in [0.1, 0.15) is 23.1 Å². The second-order valence-electron chi connectivity index (χ2n) is 4.85. The van der Waals surface area contributed by atoms with Gasteiger partial charge in [0.1, 0.15) is 0 Å². The molecule has 104 valence electrons. The largest absolute Gasteiger partial charge is 0.352 e. The number of carbonyl (C=O) groups is 1. The van der Waals surface area contributed by atoms with Crippen molar-refractivity contribution >= 4 is 17.5 Å². The summed E-state index contributed by atoms with van der Waals surface area (Å²) in [5, 5.41) is 3.58. The van der Waals surface area contributed by atoms with Crippen molar-refractivity contribution in [3.05, 3.63) is 70.2 Å². The highest BCUT2D eigenvalue weighted by Gasteiger charge is 2.04. The van der Waals surface area contributed by atoms with E-state index in [4.69, 9.17) is 11.6 Å². The molecule has 0 saturated carbocycles. The summed E-state index contributed by atoms with van der Waals surface area (Å²) in [6, 6.07) is 15.8. The van der Waals surface area contributed by atoms with Crippen LogP contribution in [-0.4, -0.2) is 5.91 Å². The number of rotatable bonds is 5. The van der Waals surface area contributed by atoms with Gasteiger partial charge >= 0.3 is 0 Å². The Kier molecular flexibility index (Phi) is 5.19. The maximum atomic E-state index is 11.8. The summed E-state index contributed by atoms with van der Waals surface area (Å²) >= 11 is 6.04. The fourth-order valence-corrected chi connectivity index (χ4v) is 2.14. The zero-order chi connectivity index (χ0) is 14.4. The minimum atomic E-state index is 0.0468. The molecule has 0 heterocycles. The van der Waals surface area contributed by atoms with Gasteiger partial charge < -0.3 is 5.32 Å². The Morgan fingerprint density at radius 3 is 2.50 bits per heavy atom. The standard InChI is InChI=1S/C17H18ClNO/c1-13-6-8-14(9-7-13)10-11-17(20)19-12-15-4-2-3-5-16(15)18/h2-9H,10-12H2,1H3,(H,19,20). The van der Waals surface area contributed by atoms with Crippen LogP contribution in [0.4, 0.5) is 0 Å². The minimum absolute atomic E-state index is 0.0468. The first kappa shape index (κ1) is 14.6. The SMILES string of the molecule is Cc1ccc(CCC(=O)NCc2ccccc2Cl)cc1. The van der Waals surface area contributed by atoms with E-state index >= 15 is 0 Å². The van der Waals surface area contributed by atoms with Crippen molar-refractivity contribution in [2.45, 2.75) is 26.3 Å². The van der Waals surface area contributed by atoms with E-state index in [0.29, 0.717) is 18.0 Å². The number of hydrogen-bond acceptors (Lipinski definition) is 1. The average molecular weight is 288 g/mol. The molecule has 2 aromatic rings. The van der Waals surface area contributed by atoms with Crippen molar-refractivity contribution in [1.29, 1.82) is 0 Å². The lowest BCUT2D eigenvalue weighted by Crippen LogP contribution is -2.23. The Labute approximate surface area is 124 Å². The van der Waals surface area contributed by atoms with Crippen LogP contribution in [0.25, 0.3) is 0 Å². The number of hydrogen-bond donors (Lipinski definition) is 1. The van der Waals surface area contributed by atoms with Gasteiger partial charge in [0.15, 0.2) is 0 Å². The van der Waals surface area contributed by atoms with Crippen LogP contribution in [0, 0.1) is 6.92 Å². The fourth-order valence-electron chi connectivity index (χ4n) is 1.94. The molecule has 0 radical (unpaired) electrons. The molecule has 0 bridgehead atoms. The number of nitrogens with one attached hydrogen (secondary N) is 1. The van der Waals surface area contributed by atoms with Gasteiger partial charge in [-0.3, -0.25) is 4.79 Å². The number of benzene rings is 2. The summed E-state index contributed by atoms with van der Waals surface area (Å²) in [6.07, 6.45) is 1.25. The second kappa shape index (κ2) is 7.11. The lowest BCUT2D eigenvalue weighted by molar-refractivity contribution is -0.121. The van der Waals surface area contributed by atoms with Crippen molar-refractivity contribution < 1.29 is 4.79 Å². The summed E-state index contributed by atoms with van der Waals surface area (Å²) < 4.78 is 0. The van der Waals surface area contributed by atoms with Gasteiger partial charge in [-0.25, -0.2) is 0 Å². The topological polar surface area (TPSA) is 29.1 Å². The monoisotopic (exact) mass is 287 g/mol. The van der Waals surface area contributed by atoms with E-state index in [1.165, 1.54) is 11.1 Å². The maximum Gasteiger partial charge on any atom is 0.220 e. The van der Waals surface area contributed by atoms with Crippen LogP contribution in [0.3, 0.4) is 0 Å². The number of halogens is 1. The molecule has 0 saturated heterocycles. The van der Waals surface area contributed by atoms with Crippen molar-refractivity contribution in [1.82, 2.24) is 5.32 Å². The molecule has 0 aliphatic rings. The maximum absolute atomic E-state index is 11.8. The van der Waals surface area contributed by atoms with Gasteiger partial charge in [-0.2, -0.15) is 0 Å². The molecule has 3 heteroatoms. The van der Waals surface area contributed by atoms with Crippen LogP contribution < -0.4 is 5.32 Å². The van der Waals surface area contributed by atoms with E-state index < -0.39 is 0 Å². The Hall–Kier alpha value is -1.80. The normalized spacial score (nSPS) is 10.3. The highest BCUT2D eigenvalue weighted by molar-refractivity contribution is 6.31. The fraction of sp³-hybridized carbons (Fsp3) is 0.235. The average Bonchev–Trinajstić information content (AvgIpc) is 2.46. The predicted octanol–water partition coefficient (Wildman–Crippen LogP) is 3.90. The summed E-state index contributed by atoms with van der Waals surface area (Å²) in [5.41, 5.74) is 3.36. The van der Waals surface area contributed by atoms with Gasteiger partial charge in [0, 0.05) is 18.0 Å². The van der Waals surface area contributed by atoms with Gasteiger partial charge in [0.05, 0.1) is 0 Å². The molecule has 20 heavy (non-hydrogen) atoms. The van der Waals surface area contributed by atoms with E-state index in [-0.39, 0.29) is 5.91 Å². The quantitative estimate of drug-likeness (QED) is 0.888. The Balaban J connectivity index is 1.78. The lowest BCUT2D eigenvalue weighted by Gasteiger charge is -2.07. The van der Waals surface area contributed by atoms with E-state index in [9.17, 15) is 4.79 Å². The van der Waals surface area contributed by atoms with Gasteiger partial charge in [0.2, 0.25) is 5.91 Å². The highest BCUT2D eigenvalue weighted by atomic mass is 35.5. The van der Waals surface area contributed by atoms with Crippen LogP contribution in [0.2, 0.25) is 5.02 Å². The van der Waals surface area contributed by atoms with E-state index in [1.54, 1.807) is 0 Å². The summed E-state index contributed by atoms with van der Waals surface area (Å²) in [6.45, 7) is 2.53. The lowest BCUT2D eigenvalue weighted by atomic mass is 10.1.